The molecule has 2 unspecified atom stereocenters. The molecule has 0 saturated heterocycles. The number of hydrogen-bond donors (Lipinski definition) is 0. The van der Waals surface area contributed by atoms with Crippen molar-refractivity contribution < 1.29 is 28.0 Å². The van der Waals surface area contributed by atoms with Crippen LogP contribution in [-0.4, -0.2) is 63.5 Å². The van der Waals surface area contributed by atoms with Crippen molar-refractivity contribution in [1.82, 2.24) is 4.67 Å². The monoisotopic (exact) mass is 635 g/mol. The second-order valence-electron chi connectivity index (χ2n) is 11.2. The van der Waals surface area contributed by atoms with Gasteiger partial charge in [0.1, 0.15) is 29.8 Å². The maximum Gasteiger partial charge on any atom is 0.259 e. The summed E-state index contributed by atoms with van der Waals surface area (Å²) in [6.45, 7) is 12.0. The van der Waals surface area contributed by atoms with E-state index in [-0.39, 0.29) is 31.9 Å². The first-order chi connectivity index (χ1) is 21.8. The van der Waals surface area contributed by atoms with Crippen molar-refractivity contribution in [3.05, 3.63) is 95.6 Å². The van der Waals surface area contributed by atoms with Gasteiger partial charge in [0.25, 0.3) is 8.53 Å². The van der Waals surface area contributed by atoms with Crippen LogP contribution in [0.15, 0.2) is 78.9 Å². The number of ether oxygens (including phenoxy) is 4. The molecule has 0 bridgehead atoms. The smallest absolute Gasteiger partial charge is 0.259 e. The fourth-order valence-corrected chi connectivity index (χ4v) is 6.85. The van der Waals surface area contributed by atoms with Gasteiger partial charge in [-0.2, -0.15) is 0 Å². The van der Waals surface area contributed by atoms with Crippen molar-refractivity contribution in [2.45, 2.75) is 71.2 Å². The minimum absolute atomic E-state index is 0.132. The standard InChI is InChI=1S/C37H50NO6P/c1-9-11-26-43-45(38(29(3)4)30(5)6)44-28-36(41-25-10-2)27-42-37(31-15-13-12-14-16-31,32-17-21-34(39-7)22-18-32)33-19-23-35(40-8)24-20-33/h2,12-24,29-30,36H,9,11,25-28H2,1,3-8H3. The van der Waals surface area contributed by atoms with Gasteiger partial charge in [-0.05, 0) is 75.1 Å². The SMILES string of the molecule is C#CCOC(COP(OCCCC)N(C(C)C)C(C)C)COC(c1ccccc1)(c1ccc(OC)cc1)c1ccc(OC)cc1. The predicted octanol–water partition coefficient (Wildman–Crippen LogP) is 8.21. The van der Waals surface area contributed by atoms with Crippen LogP contribution < -0.4 is 9.47 Å². The van der Waals surface area contributed by atoms with Gasteiger partial charge in [-0.3, -0.25) is 0 Å². The molecule has 3 aromatic rings. The summed E-state index contributed by atoms with van der Waals surface area (Å²) < 4.78 is 39.3. The molecule has 2 atom stereocenters. The molecular formula is C37H50NO6P. The lowest BCUT2D eigenvalue weighted by atomic mass is 9.80. The minimum atomic E-state index is -1.33. The van der Waals surface area contributed by atoms with Crippen molar-refractivity contribution in [2.75, 3.05) is 40.6 Å². The molecule has 0 N–H and O–H groups in total. The van der Waals surface area contributed by atoms with Crippen molar-refractivity contribution in [1.29, 1.82) is 0 Å². The number of terminal acetylenes is 1. The lowest BCUT2D eigenvalue weighted by molar-refractivity contribution is -0.0718. The first-order valence-electron chi connectivity index (χ1n) is 15.7. The van der Waals surface area contributed by atoms with Gasteiger partial charge in [0, 0.05) is 12.1 Å². The van der Waals surface area contributed by atoms with Crippen LogP contribution >= 0.6 is 8.53 Å². The molecule has 0 aromatic heterocycles. The maximum absolute atomic E-state index is 7.08. The number of benzene rings is 3. The van der Waals surface area contributed by atoms with Gasteiger partial charge in [0.2, 0.25) is 0 Å². The van der Waals surface area contributed by atoms with Crippen LogP contribution in [-0.2, 0) is 24.1 Å². The van der Waals surface area contributed by atoms with E-state index in [9.17, 15) is 0 Å². The predicted molar refractivity (Wildman–Crippen MR) is 183 cm³/mol. The quantitative estimate of drug-likeness (QED) is 0.0537. The number of rotatable bonds is 20. The Labute approximate surface area is 272 Å². The molecule has 45 heavy (non-hydrogen) atoms. The number of nitrogens with zero attached hydrogens (tertiary/aromatic N) is 1. The van der Waals surface area contributed by atoms with Gasteiger partial charge in [0.05, 0.1) is 34.0 Å². The third kappa shape index (κ3) is 10.0. The summed E-state index contributed by atoms with van der Waals surface area (Å²) in [7, 11) is 1.99. The van der Waals surface area contributed by atoms with E-state index >= 15 is 0 Å². The first-order valence-corrected chi connectivity index (χ1v) is 16.8. The zero-order chi connectivity index (χ0) is 32.7. The van der Waals surface area contributed by atoms with Gasteiger partial charge in [-0.25, -0.2) is 4.67 Å². The van der Waals surface area contributed by atoms with E-state index in [0.29, 0.717) is 6.61 Å². The van der Waals surface area contributed by atoms with Crippen molar-refractivity contribution in [2.24, 2.45) is 0 Å². The van der Waals surface area contributed by atoms with E-state index in [4.69, 9.17) is 34.4 Å². The highest BCUT2D eigenvalue weighted by atomic mass is 31.2. The Morgan fingerprint density at radius 1 is 0.756 bits per heavy atom. The lowest BCUT2D eigenvalue weighted by Gasteiger charge is -2.38. The maximum atomic E-state index is 7.08. The molecule has 244 valence electrons. The largest absolute Gasteiger partial charge is 0.497 e. The van der Waals surface area contributed by atoms with E-state index < -0.39 is 20.2 Å². The molecule has 0 aliphatic carbocycles. The number of methoxy groups -OCH3 is 2. The summed E-state index contributed by atoms with van der Waals surface area (Å²) in [6, 6.07) is 26.6. The van der Waals surface area contributed by atoms with Crippen molar-refractivity contribution >= 4 is 8.53 Å². The van der Waals surface area contributed by atoms with Crippen LogP contribution in [0.1, 0.15) is 64.2 Å². The first kappa shape index (κ1) is 36.5. The van der Waals surface area contributed by atoms with E-state index in [1.165, 1.54) is 0 Å². The summed E-state index contributed by atoms with van der Waals surface area (Å²) >= 11 is 0. The normalized spacial score (nSPS) is 13.2. The number of unbranched alkanes of at least 4 members (excludes halogenated alkanes) is 1. The average molecular weight is 636 g/mol. The average Bonchev–Trinajstić information content (AvgIpc) is 3.06. The fraction of sp³-hybridized carbons (Fsp3) is 0.459. The Bertz CT molecular complexity index is 1220. The summed E-state index contributed by atoms with van der Waals surface area (Å²) in [5.41, 5.74) is 1.86. The Morgan fingerprint density at radius 3 is 1.76 bits per heavy atom. The molecule has 0 aliphatic heterocycles. The second kappa shape index (κ2) is 18.9. The van der Waals surface area contributed by atoms with Gasteiger partial charge >= 0.3 is 0 Å². The topological polar surface area (TPSA) is 58.6 Å². The third-order valence-corrected chi connectivity index (χ3v) is 9.45. The summed E-state index contributed by atoms with van der Waals surface area (Å²) in [5.74, 6) is 4.13. The van der Waals surface area contributed by atoms with Gasteiger partial charge in [-0.1, -0.05) is 73.9 Å². The van der Waals surface area contributed by atoms with Crippen molar-refractivity contribution in [3.8, 4) is 23.8 Å². The molecule has 7 nitrogen and oxygen atoms in total. The highest BCUT2D eigenvalue weighted by molar-refractivity contribution is 7.44. The zero-order valence-corrected chi connectivity index (χ0v) is 28.8. The van der Waals surface area contributed by atoms with Crippen LogP contribution in [0.4, 0.5) is 0 Å². The molecule has 0 radical (unpaired) electrons. The van der Waals surface area contributed by atoms with Crippen LogP contribution in [0.2, 0.25) is 0 Å². The van der Waals surface area contributed by atoms with Crippen LogP contribution in [0.3, 0.4) is 0 Å². The van der Waals surface area contributed by atoms with E-state index in [1.807, 2.05) is 66.7 Å². The Hall–Kier alpha value is -2.95. The second-order valence-corrected chi connectivity index (χ2v) is 12.7. The van der Waals surface area contributed by atoms with Gasteiger partial charge < -0.3 is 28.0 Å². The van der Waals surface area contributed by atoms with Crippen LogP contribution in [0.25, 0.3) is 0 Å². The van der Waals surface area contributed by atoms with Gasteiger partial charge in [-0.15, -0.1) is 6.42 Å². The van der Waals surface area contributed by atoms with Crippen molar-refractivity contribution in [3.63, 3.8) is 0 Å². The van der Waals surface area contributed by atoms with Gasteiger partial charge in [0.15, 0.2) is 0 Å². The zero-order valence-electron chi connectivity index (χ0n) is 27.9. The Morgan fingerprint density at radius 2 is 1.29 bits per heavy atom. The van der Waals surface area contributed by atoms with Crippen LogP contribution in [0.5, 0.6) is 11.5 Å². The third-order valence-electron chi connectivity index (χ3n) is 7.38. The molecule has 3 aromatic carbocycles. The molecule has 0 fully saturated rings. The van der Waals surface area contributed by atoms with E-state index in [0.717, 1.165) is 41.0 Å². The molecule has 8 heteroatoms. The van der Waals surface area contributed by atoms with E-state index in [2.05, 4.69) is 57.3 Å². The lowest BCUT2D eigenvalue weighted by Crippen LogP contribution is -2.38. The Kier molecular flexibility index (Phi) is 15.3. The highest BCUT2D eigenvalue weighted by Crippen LogP contribution is 2.47. The summed E-state index contributed by atoms with van der Waals surface area (Å²) in [4.78, 5) is 0. The summed E-state index contributed by atoms with van der Waals surface area (Å²) in [5, 5.41) is 0. The Balaban J connectivity index is 2.02. The molecule has 0 amide bonds. The molecule has 3 rings (SSSR count). The molecule has 0 heterocycles. The highest BCUT2D eigenvalue weighted by Gasteiger charge is 2.39. The van der Waals surface area contributed by atoms with E-state index in [1.54, 1.807) is 14.2 Å². The molecule has 0 aliphatic rings. The molecule has 0 saturated carbocycles. The molecule has 0 spiro atoms. The fourth-order valence-electron chi connectivity index (χ4n) is 5.18. The van der Waals surface area contributed by atoms with Crippen LogP contribution in [0, 0.1) is 12.3 Å². The number of hydrogen-bond acceptors (Lipinski definition) is 7. The molecular weight excluding hydrogens is 585 g/mol. The minimum Gasteiger partial charge on any atom is -0.497 e. The summed E-state index contributed by atoms with van der Waals surface area (Å²) in [6.07, 6.45) is 7.20.